The van der Waals surface area contributed by atoms with E-state index in [1.165, 1.54) is 0 Å². The highest BCUT2D eigenvalue weighted by atomic mass is 32.2. The van der Waals surface area contributed by atoms with Gasteiger partial charge in [0.1, 0.15) is 0 Å². The summed E-state index contributed by atoms with van der Waals surface area (Å²) >= 11 is 0. The number of nitrogens with one attached hydrogen (secondary N) is 1. The molecule has 0 atom stereocenters. The molecule has 3 rings (SSSR count). The zero-order chi connectivity index (χ0) is 15.0. The van der Waals surface area contributed by atoms with E-state index in [0.717, 1.165) is 16.5 Å². The second-order valence-corrected chi connectivity index (χ2v) is 7.98. The molecule has 1 aromatic heterocycles. The standard InChI is InChI=1S/C15H18N2O3S/c1-2-21(19,20)12-9-17(10-12)15(18)7-11-8-16-14-6-4-3-5-13(11)14/h3-6,8,12,16H,2,7,9-10H2,1H3. The zero-order valence-electron chi connectivity index (χ0n) is 11.9. The minimum atomic E-state index is -3.02. The van der Waals surface area contributed by atoms with Gasteiger partial charge in [0.2, 0.25) is 5.91 Å². The van der Waals surface area contributed by atoms with Crippen molar-refractivity contribution in [2.24, 2.45) is 0 Å². The van der Waals surface area contributed by atoms with Crippen molar-refractivity contribution in [2.75, 3.05) is 18.8 Å². The average Bonchev–Trinajstić information content (AvgIpc) is 2.80. The predicted octanol–water partition coefficient (Wildman–Crippen LogP) is 1.36. The van der Waals surface area contributed by atoms with Crippen molar-refractivity contribution >= 4 is 26.6 Å². The van der Waals surface area contributed by atoms with Crippen molar-refractivity contribution in [3.05, 3.63) is 36.0 Å². The van der Waals surface area contributed by atoms with E-state index < -0.39 is 9.84 Å². The summed E-state index contributed by atoms with van der Waals surface area (Å²) in [4.78, 5) is 17.0. The van der Waals surface area contributed by atoms with E-state index in [1.54, 1.807) is 11.8 Å². The van der Waals surface area contributed by atoms with Crippen molar-refractivity contribution in [3.63, 3.8) is 0 Å². The van der Waals surface area contributed by atoms with Gasteiger partial charge in [0.25, 0.3) is 0 Å². The Morgan fingerprint density at radius 2 is 2.05 bits per heavy atom. The number of nitrogens with zero attached hydrogens (tertiary/aromatic N) is 1. The van der Waals surface area contributed by atoms with Crippen LogP contribution in [0.15, 0.2) is 30.5 Å². The molecule has 1 N–H and O–H groups in total. The molecule has 1 fully saturated rings. The molecule has 1 aliphatic rings. The Morgan fingerprint density at radius 1 is 1.33 bits per heavy atom. The molecule has 1 saturated heterocycles. The Labute approximate surface area is 123 Å². The summed E-state index contributed by atoms with van der Waals surface area (Å²) in [6.07, 6.45) is 2.16. The first-order valence-corrected chi connectivity index (χ1v) is 8.77. The van der Waals surface area contributed by atoms with Gasteiger partial charge in [0.15, 0.2) is 9.84 Å². The molecule has 0 spiro atoms. The summed E-state index contributed by atoms with van der Waals surface area (Å²) < 4.78 is 23.4. The summed E-state index contributed by atoms with van der Waals surface area (Å²) in [6, 6.07) is 7.84. The van der Waals surface area contributed by atoms with Gasteiger partial charge in [0.05, 0.1) is 11.7 Å². The predicted molar refractivity (Wildman–Crippen MR) is 81.8 cm³/mol. The van der Waals surface area contributed by atoms with Gasteiger partial charge in [-0.1, -0.05) is 25.1 Å². The molecule has 0 unspecified atom stereocenters. The number of amides is 1. The number of hydrogen-bond acceptors (Lipinski definition) is 3. The first-order chi connectivity index (χ1) is 10.0. The molecule has 0 saturated carbocycles. The molecule has 0 radical (unpaired) electrons. The van der Waals surface area contributed by atoms with Crippen LogP contribution in [0.2, 0.25) is 0 Å². The fraction of sp³-hybridized carbons (Fsp3) is 0.400. The third-order valence-electron chi connectivity index (χ3n) is 4.13. The van der Waals surface area contributed by atoms with E-state index in [0.29, 0.717) is 19.5 Å². The van der Waals surface area contributed by atoms with Crippen LogP contribution in [-0.2, 0) is 21.1 Å². The van der Waals surface area contributed by atoms with Crippen LogP contribution in [0.4, 0.5) is 0 Å². The van der Waals surface area contributed by atoms with Gasteiger partial charge in [-0.15, -0.1) is 0 Å². The van der Waals surface area contributed by atoms with Gasteiger partial charge in [-0.25, -0.2) is 8.42 Å². The Kier molecular flexibility index (Phi) is 3.49. The number of hydrogen-bond donors (Lipinski definition) is 1. The topological polar surface area (TPSA) is 70.2 Å². The monoisotopic (exact) mass is 306 g/mol. The van der Waals surface area contributed by atoms with Crippen molar-refractivity contribution in [2.45, 2.75) is 18.6 Å². The maximum absolute atomic E-state index is 12.2. The largest absolute Gasteiger partial charge is 0.361 e. The number of aromatic amines is 1. The van der Waals surface area contributed by atoms with Crippen LogP contribution >= 0.6 is 0 Å². The van der Waals surface area contributed by atoms with E-state index in [-0.39, 0.29) is 16.9 Å². The molecule has 112 valence electrons. The summed E-state index contributed by atoms with van der Waals surface area (Å²) in [6.45, 7) is 2.31. The Bertz CT molecular complexity index is 773. The molecule has 6 heteroatoms. The Hall–Kier alpha value is -1.82. The van der Waals surface area contributed by atoms with Crippen LogP contribution in [0.1, 0.15) is 12.5 Å². The van der Waals surface area contributed by atoms with Crippen LogP contribution in [0.5, 0.6) is 0 Å². The minimum absolute atomic E-state index is 0.0118. The third-order valence-corrected chi connectivity index (χ3v) is 6.25. The van der Waals surface area contributed by atoms with Crippen LogP contribution < -0.4 is 0 Å². The van der Waals surface area contributed by atoms with Crippen LogP contribution in [0.25, 0.3) is 10.9 Å². The van der Waals surface area contributed by atoms with E-state index in [4.69, 9.17) is 0 Å². The number of para-hydroxylation sites is 1. The second kappa shape index (κ2) is 5.18. The van der Waals surface area contributed by atoms with E-state index in [9.17, 15) is 13.2 Å². The number of carbonyl (C=O) groups excluding carboxylic acids is 1. The fourth-order valence-corrected chi connectivity index (χ4v) is 3.94. The highest BCUT2D eigenvalue weighted by molar-refractivity contribution is 7.92. The van der Waals surface area contributed by atoms with Gasteiger partial charge in [-0.2, -0.15) is 0 Å². The number of likely N-dealkylation sites (tertiary alicyclic amines) is 1. The molecule has 0 bridgehead atoms. The maximum atomic E-state index is 12.2. The Balaban J connectivity index is 1.66. The lowest BCUT2D eigenvalue weighted by atomic mass is 10.1. The molecule has 1 aromatic carbocycles. The highest BCUT2D eigenvalue weighted by Crippen LogP contribution is 2.22. The first-order valence-electron chi connectivity index (χ1n) is 7.05. The van der Waals surface area contributed by atoms with E-state index >= 15 is 0 Å². The van der Waals surface area contributed by atoms with Gasteiger partial charge >= 0.3 is 0 Å². The number of fused-ring (bicyclic) bond motifs is 1. The van der Waals surface area contributed by atoms with E-state index in [2.05, 4.69) is 4.98 Å². The molecular weight excluding hydrogens is 288 g/mol. The molecule has 2 aromatic rings. The summed E-state index contributed by atoms with van der Waals surface area (Å²) in [5.41, 5.74) is 1.97. The number of benzene rings is 1. The lowest BCUT2D eigenvalue weighted by molar-refractivity contribution is -0.133. The highest BCUT2D eigenvalue weighted by Gasteiger charge is 2.38. The van der Waals surface area contributed by atoms with Crippen LogP contribution in [-0.4, -0.2) is 48.3 Å². The van der Waals surface area contributed by atoms with Crippen LogP contribution in [0, 0.1) is 0 Å². The Morgan fingerprint density at radius 3 is 2.76 bits per heavy atom. The van der Waals surface area contributed by atoms with Gasteiger partial charge in [0, 0.05) is 35.9 Å². The number of H-pyrrole nitrogens is 1. The van der Waals surface area contributed by atoms with Crippen molar-refractivity contribution < 1.29 is 13.2 Å². The van der Waals surface area contributed by atoms with Crippen molar-refractivity contribution in [3.8, 4) is 0 Å². The first kappa shape index (κ1) is 14.1. The molecule has 2 heterocycles. The van der Waals surface area contributed by atoms with Gasteiger partial charge < -0.3 is 9.88 Å². The molecule has 5 nitrogen and oxygen atoms in total. The lowest BCUT2D eigenvalue weighted by Gasteiger charge is -2.38. The number of aromatic nitrogens is 1. The normalized spacial score (nSPS) is 16.1. The smallest absolute Gasteiger partial charge is 0.227 e. The van der Waals surface area contributed by atoms with E-state index in [1.807, 2.05) is 30.5 Å². The van der Waals surface area contributed by atoms with Gasteiger partial charge in [-0.05, 0) is 11.6 Å². The summed E-state index contributed by atoms with van der Waals surface area (Å²) in [5.74, 6) is 0.129. The van der Waals surface area contributed by atoms with Crippen molar-refractivity contribution in [1.29, 1.82) is 0 Å². The molecular formula is C15H18N2O3S. The number of sulfone groups is 1. The lowest BCUT2D eigenvalue weighted by Crippen LogP contribution is -2.57. The SMILES string of the molecule is CCS(=O)(=O)C1CN(C(=O)Cc2c[nH]c3ccccc23)C1. The average molecular weight is 306 g/mol. The fourth-order valence-electron chi connectivity index (χ4n) is 2.66. The quantitative estimate of drug-likeness (QED) is 0.927. The number of rotatable bonds is 4. The minimum Gasteiger partial charge on any atom is -0.361 e. The maximum Gasteiger partial charge on any atom is 0.227 e. The van der Waals surface area contributed by atoms with Crippen molar-refractivity contribution in [1.82, 2.24) is 9.88 Å². The second-order valence-electron chi connectivity index (χ2n) is 5.41. The third kappa shape index (κ3) is 2.55. The molecule has 0 aliphatic carbocycles. The van der Waals surface area contributed by atoms with Gasteiger partial charge in [-0.3, -0.25) is 4.79 Å². The molecule has 21 heavy (non-hydrogen) atoms. The summed E-state index contributed by atoms with van der Waals surface area (Å²) in [5, 5.41) is 0.665. The number of carbonyl (C=O) groups is 1. The summed E-state index contributed by atoms with van der Waals surface area (Å²) in [7, 11) is -3.02. The molecule has 1 aliphatic heterocycles. The molecule has 1 amide bonds. The zero-order valence-corrected chi connectivity index (χ0v) is 12.7. The van der Waals surface area contributed by atoms with Crippen LogP contribution in [0.3, 0.4) is 0 Å².